The van der Waals surface area contributed by atoms with Gasteiger partial charge >= 0.3 is 5.97 Å². The van der Waals surface area contributed by atoms with E-state index in [9.17, 15) is 30.0 Å². The lowest BCUT2D eigenvalue weighted by molar-refractivity contribution is -0.135. The first kappa shape index (κ1) is 24.6. The van der Waals surface area contributed by atoms with Crippen LogP contribution in [0.4, 0.5) is 0 Å². The van der Waals surface area contributed by atoms with Gasteiger partial charge in [-0.3, -0.25) is 9.59 Å². The highest BCUT2D eigenvalue weighted by Gasteiger charge is 2.36. The summed E-state index contributed by atoms with van der Waals surface area (Å²) in [6.07, 6.45) is -0.182. The van der Waals surface area contributed by atoms with Crippen molar-refractivity contribution in [3.8, 4) is 57.3 Å². The Morgan fingerprint density at radius 1 is 0.816 bits per heavy atom. The summed E-state index contributed by atoms with van der Waals surface area (Å²) >= 11 is 0. The van der Waals surface area contributed by atoms with Crippen LogP contribution in [0.1, 0.15) is 23.5 Å². The van der Waals surface area contributed by atoms with Gasteiger partial charge < -0.3 is 43.8 Å². The van der Waals surface area contributed by atoms with E-state index in [1.54, 1.807) is 12.1 Å². The maximum atomic E-state index is 13.2. The van der Waals surface area contributed by atoms with Crippen LogP contribution in [0.5, 0.6) is 46.0 Å². The van der Waals surface area contributed by atoms with Gasteiger partial charge in [0.15, 0.2) is 28.8 Å². The number of hydrogen-bond acceptors (Lipinski definition) is 11. The van der Waals surface area contributed by atoms with Crippen molar-refractivity contribution in [2.75, 3.05) is 21.3 Å². The third kappa shape index (κ3) is 3.76. The molecule has 0 aliphatic carbocycles. The van der Waals surface area contributed by atoms with Gasteiger partial charge in [-0.05, 0) is 24.3 Å². The molecule has 0 saturated heterocycles. The smallest absolute Gasteiger partial charge is 0.312 e. The van der Waals surface area contributed by atoms with Crippen LogP contribution in [-0.4, -0.2) is 47.7 Å². The van der Waals surface area contributed by atoms with Gasteiger partial charge in [0.05, 0.1) is 27.8 Å². The largest absolute Gasteiger partial charge is 0.507 e. The van der Waals surface area contributed by atoms with Crippen molar-refractivity contribution in [2.45, 2.75) is 12.3 Å². The summed E-state index contributed by atoms with van der Waals surface area (Å²) in [5.41, 5.74) is -0.315. The predicted molar refractivity (Wildman–Crippen MR) is 133 cm³/mol. The van der Waals surface area contributed by atoms with Gasteiger partial charge in [-0.15, -0.1) is 0 Å². The average Bonchev–Trinajstić information content (AvgIpc) is 2.90. The van der Waals surface area contributed by atoms with E-state index in [2.05, 4.69) is 0 Å². The molecule has 1 aliphatic rings. The molecule has 0 radical (unpaired) electrons. The standard InChI is InChI=1S/C27H22O11/c1-34-17-10-19(36-3)18(35-2)7-12(17)13-8-21(31)37-20-9-16(30)23-24(32)25(33)26(38-27(23)22(13)20)11-4-5-14(28)15(29)6-11/h4-7,9-10,13,28-30,33H,8H2,1-3H3/t13-/m0/s1. The van der Waals surface area contributed by atoms with Gasteiger partial charge in [0.1, 0.15) is 28.2 Å². The molecule has 11 nitrogen and oxygen atoms in total. The first-order valence-electron chi connectivity index (χ1n) is 11.3. The molecule has 0 bridgehead atoms. The van der Waals surface area contributed by atoms with Crippen LogP contribution in [0.15, 0.2) is 45.6 Å². The number of benzene rings is 3. The summed E-state index contributed by atoms with van der Waals surface area (Å²) in [5.74, 6) is -3.04. The summed E-state index contributed by atoms with van der Waals surface area (Å²) in [7, 11) is 4.35. The van der Waals surface area contributed by atoms with Crippen LogP contribution in [0.2, 0.25) is 0 Å². The number of hydrogen-bond donors (Lipinski definition) is 4. The minimum absolute atomic E-state index is 0.0542. The molecule has 0 unspecified atom stereocenters. The second kappa shape index (κ2) is 9.11. The molecule has 11 heteroatoms. The van der Waals surface area contributed by atoms with Crippen molar-refractivity contribution in [1.82, 2.24) is 0 Å². The van der Waals surface area contributed by atoms with Gasteiger partial charge in [-0.2, -0.15) is 0 Å². The first-order valence-corrected chi connectivity index (χ1v) is 11.3. The van der Waals surface area contributed by atoms with E-state index in [0.717, 1.165) is 18.2 Å². The highest BCUT2D eigenvalue weighted by Crippen LogP contribution is 2.50. The summed E-state index contributed by atoms with van der Waals surface area (Å²) < 4.78 is 27.8. The molecular formula is C27H22O11. The number of carbonyl (C=O) groups is 1. The lowest BCUT2D eigenvalue weighted by Gasteiger charge is -2.27. The Balaban J connectivity index is 1.86. The van der Waals surface area contributed by atoms with E-state index in [0.29, 0.717) is 22.8 Å². The molecule has 3 aromatic carbocycles. The Morgan fingerprint density at radius 3 is 2.16 bits per heavy atom. The van der Waals surface area contributed by atoms with Gasteiger partial charge in [-0.25, -0.2) is 0 Å². The molecule has 0 saturated carbocycles. The predicted octanol–water partition coefficient (Wildman–Crippen LogP) is 3.75. The molecule has 196 valence electrons. The number of rotatable bonds is 5. The molecule has 1 atom stereocenters. The Kier molecular flexibility index (Phi) is 5.90. The monoisotopic (exact) mass is 522 g/mol. The van der Waals surface area contributed by atoms with E-state index >= 15 is 0 Å². The molecule has 0 spiro atoms. The van der Waals surface area contributed by atoms with Gasteiger partial charge in [-0.1, -0.05) is 0 Å². The van der Waals surface area contributed by atoms with Crippen LogP contribution < -0.4 is 24.4 Å². The number of fused-ring (bicyclic) bond motifs is 3. The zero-order chi connectivity index (χ0) is 27.3. The Labute approximate surface area is 214 Å². The average molecular weight is 522 g/mol. The molecular weight excluding hydrogens is 500 g/mol. The van der Waals surface area contributed by atoms with Crippen molar-refractivity contribution < 1.29 is 48.6 Å². The van der Waals surface area contributed by atoms with E-state index in [1.807, 2.05) is 0 Å². The second-order valence-electron chi connectivity index (χ2n) is 8.50. The zero-order valence-electron chi connectivity index (χ0n) is 20.4. The lowest BCUT2D eigenvalue weighted by Crippen LogP contribution is -2.22. The van der Waals surface area contributed by atoms with Crippen LogP contribution in [0.3, 0.4) is 0 Å². The maximum Gasteiger partial charge on any atom is 0.312 e. The van der Waals surface area contributed by atoms with Crippen molar-refractivity contribution in [3.05, 3.63) is 57.7 Å². The van der Waals surface area contributed by atoms with Crippen LogP contribution in [0, 0.1) is 0 Å². The van der Waals surface area contributed by atoms with Gasteiger partial charge in [0.25, 0.3) is 0 Å². The SMILES string of the molecule is COc1cc(OC)c([C@@H]2CC(=O)Oc3cc(O)c4c(=O)c(O)c(-c5ccc(O)c(O)c5)oc4c32)cc1OC. The summed E-state index contributed by atoms with van der Waals surface area (Å²) in [5, 5.41) is 40.6. The van der Waals surface area contributed by atoms with E-state index < -0.39 is 40.3 Å². The zero-order valence-corrected chi connectivity index (χ0v) is 20.4. The molecule has 38 heavy (non-hydrogen) atoms. The fraction of sp³-hybridized carbons (Fsp3) is 0.185. The Hall–Kier alpha value is -5.06. The molecule has 1 aliphatic heterocycles. The molecule has 4 aromatic rings. The third-order valence-electron chi connectivity index (χ3n) is 6.41. The highest BCUT2D eigenvalue weighted by molar-refractivity contribution is 5.94. The number of carbonyl (C=O) groups excluding carboxylic acids is 1. The molecule has 0 amide bonds. The molecule has 0 fully saturated rings. The number of ether oxygens (including phenoxy) is 4. The second-order valence-corrected chi connectivity index (χ2v) is 8.50. The number of phenolic OH excluding ortho intramolecular Hbond substituents is 3. The number of esters is 1. The Bertz CT molecular complexity index is 1670. The minimum atomic E-state index is -0.955. The molecule has 4 N–H and O–H groups in total. The molecule has 2 heterocycles. The van der Waals surface area contributed by atoms with Crippen molar-refractivity contribution in [3.63, 3.8) is 0 Å². The van der Waals surface area contributed by atoms with E-state index in [-0.39, 0.29) is 40.0 Å². The number of methoxy groups -OCH3 is 3. The summed E-state index contributed by atoms with van der Waals surface area (Å²) in [6, 6.07) is 7.90. The normalized spacial score (nSPS) is 14.6. The topological polar surface area (TPSA) is 165 Å². The first-order chi connectivity index (χ1) is 18.2. The van der Waals surface area contributed by atoms with Crippen LogP contribution in [-0.2, 0) is 4.79 Å². The van der Waals surface area contributed by atoms with Gasteiger partial charge in [0, 0.05) is 34.7 Å². The number of phenols is 3. The van der Waals surface area contributed by atoms with Crippen LogP contribution >= 0.6 is 0 Å². The van der Waals surface area contributed by atoms with Crippen molar-refractivity contribution in [1.29, 1.82) is 0 Å². The van der Waals surface area contributed by atoms with Crippen LogP contribution in [0.25, 0.3) is 22.3 Å². The van der Waals surface area contributed by atoms with Gasteiger partial charge in [0.2, 0.25) is 11.2 Å². The van der Waals surface area contributed by atoms with Crippen molar-refractivity contribution >= 4 is 16.9 Å². The lowest BCUT2D eigenvalue weighted by atomic mass is 9.84. The van der Waals surface area contributed by atoms with E-state index in [1.165, 1.54) is 27.4 Å². The quantitative estimate of drug-likeness (QED) is 0.171. The number of aromatic hydroxyl groups is 4. The summed E-state index contributed by atoms with van der Waals surface area (Å²) in [4.78, 5) is 25.9. The fourth-order valence-corrected chi connectivity index (χ4v) is 4.63. The Morgan fingerprint density at radius 2 is 1.50 bits per heavy atom. The molecule has 1 aromatic heterocycles. The fourth-order valence-electron chi connectivity index (χ4n) is 4.63. The third-order valence-corrected chi connectivity index (χ3v) is 6.41. The summed E-state index contributed by atoms with van der Waals surface area (Å²) in [6.45, 7) is 0. The van der Waals surface area contributed by atoms with Crippen molar-refractivity contribution in [2.24, 2.45) is 0 Å². The minimum Gasteiger partial charge on any atom is -0.507 e. The maximum absolute atomic E-state index is 13.2. The van der Waals surface area contributed by atoms with E-state index in [4.69, 9.17) is 23.4 Å². The highest BCUT2D eigenvalue weighted by atomic mass is 16.5. The molecule has 5 rings (SSSR count).